The summed E-state index contributed by atoms with van der Waals surface area (Å²) in [5.74, 6) is 0.241. The van der Waals surface area contributed by atoms with Crippen molar-refractivity contribution >= 4 is 5.91 Å². The Morgan fingerprint density at radius 1 is 1.24 bits per heavy atom. The number of rotatable bonds is 6. The highest BCUT2D eigenvalue weighted by atomic mass is 16.2. The summed E-state index contributed by atoms with van der Waals surface area (Å²) in [6.07, 6.45) is 1.83. The minimum absolute atomic E-state index is 0.0702. The molecule has 0 spiro atoms. The molecule has 0 saturated heterocycles. The van der Waals surface area contributed by atoms with Crippen LogP contribution in [-0.2, 0) is 17.8 Å². The Morgan fingerprint density at radius 3 is 2.62 bits per heavy atom. The number of benzene rings is 1. The quantitative estimate of drug-likeness (QED) is 0.862. The first kappa shape index (κ1) is 16.0. The molecule has 1 atom stereocenters. The van der Waals surface area contributed by atoms with Crippen LogP contribution >= 0.6 is 0 Å². The normalized spacial score (nSPS) is 17.6. The summed E-state index contributed by atoms with van der Waals surface area (Å²) in [4.78, 5) is 16.8. The molecule has 1 aliphatic rings. The summed E-state index contributed by atoms with van der Waals surface area (Å²) >= 11 is 0. The van der Waals surface area contributed by atoms with Crippen molar-refractivity contribution in [2.24, 2.45) is 0 Å². The van der Waals surface area contributed by atoms with E-state index in [-0.39, 0.29) is 11.9 Å². The Morgan fingerprint density at radius 2 is 1.95 bits per heavy atom. The molecular weight excluding hydrogens is 262 g/mol. The van der Waals surface area contributed by atoms with Gasteiger partial charge in [-0.05, 0) is 51.5 Å². The van der Waals surface area contributed by atoms with E-state index < -0.39 is 0 Å². The second kappa shape index (κ2) is 7.57. The number of amides is 1. The highest BCUT2D eigenvalue weighted by molar-refractivity contribution is 5.82. The fourth-order valence-electron chi connectivity index (χ4n) is 2.85. The van der Waals surface area contributed by atoms with Crippen LogP contribution in [0.2, 0.25) is 0 Å². The lowest BCUT2D eigenvalue weighted by Gasteiger charge is -2.30. The van der Waals surface area contributed by atoms with Gasteiger partial charge in [-0.2, -0.15) is 0 Å². The standard InChI is InChI=1S/C17H27N3O/c1-4-20(11-7-10-19(2)3)17(21)16-12-14-8-5-6-9-15(14)13-18-16/h5-6,8-9,16,18H,4,7,10-13H2,1-3H3/t16-/m0/s1. The average molecular weight is 289 g/mol. The van der Waals surface area contributed by atoms with Crippen molar-refractivity contribution in [1.82, 2.24) is 15.1 Å². The molecule has 0 fully saturated rings. The molecular formula is C17H27N3O. The van der Waals surface area contributed by atoms with Crippen LogP contribution < -0.4 is 5.32 Å². The Hall–Kier alpha value is -1.39. The van der Waals surface area contributed by atoms with E-state index in [4.69, 9.17) is 0 Å². The number of carbonyl (C=O) groups is 1. The smallest absolute Gasteiger partial charge is 0.240 e. The number of fused-ring (bicyclic) bond motifs is 1. The molecule has 21 heavy (non-hydrogen) atoms. The summed E-state index contributed by atoms with van der Waals surface area (Å²) in [5, 5.41) is 3.39. The minimum atomic E-state index is -0.0702. The maximum atomic E-state index is 12.7. The van der Waals surface area contributed by atoms with Crippen molar-refractivity contribution in [3.8, 4) is 0 Å². The second-order valence-electron chi connectivity index (χ2n) is 5.98. The third-order valence-corrected chi connectivity index (χ3v) is 4.11. The van der Waals surface area contributed by atoms with E-state index in [1.807, 2.05) is 4.90 Å². The molecule has 4 nitrogen and oxygen atoms in total. The van der Waals surface area contributed by atoms with Gasteiger partial charge in [-0.15, -0.1) is 0 Å². The Labute approximate surface area is 128 Å². The van der Waals surface area contributed by atoms with Gasteiger partial charge in [-0.25, -0.2) is 0 Å². The molecule has 4 heteroatoms. The van der Waals surface area contributed by atoms with E-state index in [1.54, 1.807) is 0 Å². The van der Waals surface area contributed by atoms with Gasteiger partial charge in [-0.3, -0.25) is 4.79 Å². The molecule has 0 unspecified atom stereocenters. The number of carbonyl (C=O) groups excluding carboxylic acids is 1. The highest BCUT2D eigenvalue weighted by Crippen LogP contribution is 2.17. The van der Waals surface area contributed by atoms with Crippen LogP contribution in [0.5, 0.6) is 0 Å². The van der Waals surface area contributed by atoms with Crippen LogP contribution in [0.25, 0.3) is 0 Å². The molecule has 0 saturated carbocycles. The summed E-state index contributed by atoms with van der Waals surface area (Å²) < 4.78 is 0. The summed E-state index contributed by atoms with van der Waals surface area (Å²) in [6, 6.07) is 8.32. The zero-order valence-corrected chi connectivity index (χ0v) is 13.4. The van der Waals surface area contributed by atoms with Gasteiger partial charge in [0.1, 0.15) is 0 Å². The van der Waals surface area contributed by atoms with Crippen molar-refractivity contribution in [3.05, 3.63) is 35.4 Å². The number of hydrogen-bond donors (Lipinski definition) is 1. The monoisotopic (exact) mass is 289 g/mol. The average Bonchev–Trinajstić information content (AvgIpc) is 2.50. The molecule has 1 aromatic carbocycles. The van der Waals surface area contributed by atoms with E-state index >= 15 is 0 Å². The third-order valence-electron chi connectivity index (χ3n) is 4.11. The predicted octanol–water partition coefficient (Wildman–Crippen LogP) is 1.50. The Balaban J connectivity index is 1.93. The summed E-state index contributed by atoms with van der Waals surface area (Å²) in [7, 11) is 4.13. The summed E-state index contributed by atoms with van der Waals surface area (Å²) in [6.45, 7) is 5.50. The lowest BCUT2D eigenvalue weighted by molar-refractivity contribution is -0.133. The van der Waals surface area contributed by atoms with Crippen molar-refractivity contribution in [2.45, 2.75) is 32.4 Å². The van der Waals surface area contributed by atoms with Crippen LogP contribution in [0.1, 0.15) is 24.5 Å². The lowest BCUT2D eigenvalue weighted by atomic mass is 9.95. The molecule has 1 aromatic rings. The molecule has 1 amide bonds. The maximum absolute atomic E-state index is 12.7. The predicted molar refractivity (Wildman–Crippen MR) is 86.2 cm³/mol. The minimum Gasteiger partial charge on any atom is -0.342 e. The van der Waals surface area contributed by atoms with E-state index in [0.717, 1.165) is 39.0 Å². The van der Waals surface area contributed by atoms with Crippen LogP contribution in [0, 0.1) is 0 Å². The molecule has 0 aliphatic carbocycles. The molecule has 1 heterocycles. The molecule has 2 rings (SSSR count). The first-order chi connectivity index (χ1) is 10.1. The number of nitrogens with zero attached hydrogens (tertiary/aromatic N) is 2. The van der Waals surface area contributed by atoms with E-state index in [2.05, 4.69) is 55.5 Å². The lowest BCUT2D eigenvalue weighted by Crippen LogP contribution is -2.49. The molecule has 116 valence electrons. The van der Waals surface area contributed by atoms with Crippen molar-refractivity contribution < 1.29 is 4.79 Å². The molecule has 0 radical (unpaired) electrons. The number of nitrogens with one attached hydrogen (secondary N) is 1. The topological polar surface area (TPSA) is 35.6 Å². The fourth-order valence-corrected chi connectivity index (χ4v) is 2.85. The molecule has 0 aromatic heterocycles. The highest BCUT2D eigenvalue weighted by Gasteiger charge is 2.26. The van der Waals surface area contributed by atoms with Gasteiger partial charge < -0.3 is 15.1 Å². The van der Waals surface area contributed by atoms with Crippen LogP contribution in [-0.4, -0.2) is 55.5 Å². The maximum Gasteiger partial charge on any atom is 0.240 e. The van der Waals surface area contributed by atoms with Crippen molar-refractivity contribution in [1.29, 1.82) is 0 Å². The van der Waals surface area contributed by atoms with Crippen LogP contribution in [0.4, 0.5) is 0 Å². The van der Waals surface area contributed by atoms with Gasteiger partial charge >= 0.3 is 0 Å². The molecule has 1 aliphatic heterocycles. The van der Waals surface area contributed by atoms with Gasteiger partial charge in [0, 0.05) is 19.6 Å². The number of hydrogen-bond acceptors (Lipinski definition) is 3. The zero-order valence-electron chi connectivity index (χ0n) is 13.4. The van der Waals surface area contributed by atoms with E-state index in [0.29, 0.717) is 0 Å². The van der Waals surface area contributed by atoms with Gasteiger partial charge in [0.25, 0.3) is 0 Å². The van der Waals surface area contributed by atoms with Gasteiger partial charge in [0.2, 0.25) is 5.91 Å². The Kier molecular flexibility index (Phi) is 5.76. The van der Waals surface area contributed by atoms with E-state index in [1.165, 1.54) is 11.1 Å². The van der Waals surface area contributed by atoms with Crippen molar-refractivity contribution in [3.63, 3.8) is 0 Å². The summed E-state index contributed by atoms with van der Waals surface area (Å²) in [5.41, 5.74) is 2.62. The fraction of sp³-hybridized carbons (Fsp3) is 0.588. The zero-order chi connectivity index (χ0) is 15.2. The second-order valence-corrected chi connectivity index (χ2v) is 5.98. The first-order valence-electron chi connectivity index (χ1n) is 7.85. The SMILES string of the molecule is CCN(CCCN(C)C)C(=O)[C@@H]1Cc2ccccc2CN1. The van der Waals surface area contributed by atoms with Gasteiger partial charge in [0.05, 0.1) is 6.04 Å². The van der Waals surface area contributed by atoms with E-state index in [9.17, 15) is 4.79 Å². The molecule has 0 bridgehead atoms. The van der Waals surface area contributed by atoms with Crippen molar-refractivity contribution in [2.75, 3.05) is 33.7 Å². The van der Waals surface area contributed by atoms with Gasteiger partial charge in [0.15, 0.2) is 0 Å². The van der Waals surface area contributed by atoms with Gasteiger partial charge in [-0.1, -0.05) is 24.3 Å². The van der Waals surface area contributed by atoms with Crippen LogP contribution in [0.3, 0.4) is 0 Å². The third kappa shape index (κ3) is 4.29. The molecule has 1 N–H and O–H groups in total. The first-order valence-corrected chi connectivity index (χ1v) is 7.85. The number of likely N-dealkylation sites (N-methyl/N-ethyl adjacent to an activating group) is 1. The largest absolute Gasteiger partial charge is 0.342 e. The Bertz CT molecular complexity index is 473. The van der Waals surface area contributed by atoms with Crippen LogP contribution in [0.15, 0.2) is 24.3 Å².